The van der Waals surface area contributed by atoms with Crippen LogP contribution < -0.4 is 5.32 Å². The molecule has 1 heterocycles. The van der Waals surface area contributed by atoms with Crippen LogP contribution in [-0.2, 0) is 16.0 Å². The molecular weight excluding hydrogens is 394 g/mol. The van der Waals surface area contributed by atoms with Gasteiger partial charge >= 0.3 is 5.97 Å². The first-order chi connectivity index (χ1) is 14.5. The van der Waals surface area contributed by atoms with E-state index in [1.165, 1.54) is 11.6 Å². The van der Waals surface area contributed by atoms with Crippen LogP contribution in [0, 0.1) is 5.92 Å². The molecule has 31 heavy (non-hydrogen) atoms. The Kier molecular flexibility index (Phi) is 8.18. The second-order valence-electron chi connectivity index (χ2n) is 9.24. The number of carbonyl (C=O) groups excluding carboxylic acids is 1. The van der Waals surface area contributed by atoms with E-state index in [0.717, 1.165) is 49.0 Å². The number of fused-ring (bicyclic) bond motifs is 1. The number of aliphatic hydroxyl groups excluding tert-OH is 1. The third-order valence-electron chi connectivity index (χ3n) is 5.52. The number of ether oxygens (including phenoxy) is 1. The topological polar surface area (TPSA) is 99.0 Å². The number of phenolic OH excluding ortho intramolecular Hbond substituents is 2. The molecule has 3 rings (SSSR count). The Morgan fingerprint density at radius 3 is 2.52 bits per heavy atom. The largest absolute Gasteiger partial charge is 0.507 e. The van der Waals surface area contributed by atoms with E-state index in [1.807, 2.05) is 20.8 Å². The Balaban J connectivity index is 0.00000107. The van der Waals surface area contributed by atoms with Crippen molar-refractivity contribution in [1.82, 2.24) is 0 Å². The predicted molar refractivity (Wildman–Crippen MR) is 124 cm³/mol. The third kappa shape index (κ3) is 6.03. The Hall–Kier alpha value is -2.47. The number of phenols is 2. The van der Waals surface area contributed by atoms with E-state index in [9.17, 15) is 15.0 Å². The first kappa shape index (κ1) is 24.8. The lowest BCUT2D eigenvalue weighted by Gasteiger charge is -2.35. The summed E-state index contributed by atoms with van der Waals surface area (Å²) in [5.41, 5.74) is 3.42. The number of aliphatic hydroxyl groups is 1. The fraction of sp³-hybridized carbons (Fsp3) is 0.560. The van der Waals surface area contributed by atoms with Gasteiger partial charge in [0.1, 0.15) is 17.1 Å². The van der Waals surface area contributed by atoms with Crippen LogP contribution in [0.15, 0.2) is 29.9 Å². The normalized spacial score (nSPS) is 20.4. The summed E-state index contributed by atoms with van der Waals surface area (Å²) in [4.78, 5) is 12.7. The zero-order chi connectivity index (χ0) is 23.3. The molecule has 2 atom stereocenters. The van der Waals surface area contributed by atoms with Crippen LogP contribution in [0.25, 0.3) is 0 Å². The lowest BCUT2D eigenvalue weighted by atomic mass is 9.72. The number of hydrogen-bond acceptors (Lipinski definition) is 6. The van der Waals surface area contributed by atoms with Crippen molar-refractivity contribution in [3.8, 4) is 11.5 Å². The number of benzene rings is 1. The number of hydrogen-bond donors (Lipinski definition) is 4. The summed E-state index contributed by atoms with van der Waals surface area (Å²) in [6.07, 6.45) is 5.44. The number of carbonyl (C=O) groups is 1. The smallest absolute Gasteiger partial charge is 0.334 e. The van der Waals surface area contributed by atoms with Crippen LogP contribution in [-0.4, -0.2) is 40.0 Å². The number of aromatic hydroxyl groups is 2. The first-order valence-corrected chi connectivity index (χ1v) is 11.0. The number of allylic oxidation sites excluding steroid dienone is 2. The maximum atomic E-state index is 12.7. The number of nitrogens with one attached hydrogen (secondary N) is 1. The molecule has 0 fully saturated rings. The highest BCUT2D eigenvalue weighted by Crippen LogP contribution is 2.49. The SMILES string of the molecule is C=C(C(=O)OC(C)(C)C)C1CCC(C)=CC1c1c(O)cc(O)c2c1NCCC2.CCO. The second-order valence-corrected chi connectivity index (χ2v) is 9.24. The highest BCUT2D eigenvalue weighted by atomic mass is 16.6. The highest BCUT2D eigenvalue weighted by molar-refractivity contribution is 5.89. The van der Waals surface area contributed by atoms with Crippen molar-refractivity contribution in [1.29, 1.82) is 0 Å². The minimum atomic E-state index is -0.586. The maximum Gasteiger partial charge on any atom is 0.334 e. The van der Waals surface area contributed by atoms with Crippen LogP contribution >= 0.6 is 0 Å². The van der Waals surface area contributed by atoms with E-state index < -0.39 is 11.6 Å². The van der Waals surface area contributed by atoms with Crippen molar-refractivity contribution in [3.63, 3.8) is 0 Å². The van der Waals surface area contributed by atoms with Gasteiger partial charge in [-0.3, -0.25) is 0 Å². The lowest BCUT2D eigenvalue weighted by Crippen LogP contribution is -2.29. The zero-order valence-corrected chi connectivity index (χ0v) is 19.4. The molecule has 172 valence electrons. The Labute approximate surface area is 185 Å². The number of rotatable bonds is 3. The molecule has 4 N–H and O–H groups in total. The summed E-state index contributed by atoms with van der Waals surface area (Å²) in [7, 11) is 0. The van der Waals surface area contributed by atoms with Crippen molar-refractivity contribution in [2.24, 2.45) is 5.92 Å². The molecule has 0 radical (unpaired) electrons. The van der Waals surface area contributed by atoms with Crippen molar-refractivity contribution in [2.75, 3.05) is 18.5 Å². The summed E-state index contributed by atoms with van der Waals surface area (Å²) in [5, 5.41) is 32.0. The van der Waals surface area contributed by atoms with Gasteiger partial charge in [-0.2, -0.15) is 0 Å². The van der Waals surface area contributed by atoms with E-state index >= 15 is 0 Å². The van der Waals surface area contributed by atoms with Gasteiger partial charge in [-0.15, -0.1) is 0 Å². The van der Waals surface area contributed by atoms with Gasteiger partial charge in [-0.1, -0.05) is 18.2 Å². The maximum absolute atomic E-state index is 12.7. The van der Waals surface area contributed by atoms with Crippen molar-refractivity contribution in [2.45, 2.75) is 71.8 Å². The fourth-order valence-electron chi connectivity index (χ4n) is 4.22. The molecule has 6 heteroatoms. The average molecular weight is 432 g/mol. The lowest BCUT2D eigenvalue weighted by molar-refractivity contribution is -0.150. The van der Waals surface area contributed by atoms with E-state index in [4.69, 9.17) is 9.84 Å². The average Bonchev–Trinajstić information content (AvgIpc) is 2.67. The van der Waals surface area contributed by atoms with E-state index in [0.29, 0.717) is 5.57 Å². The molecule has 1 aliphatic carbocycles. The van der Waals surface area contributed by atoms with Crippen LogP contribution in [0.4, 0.5) is 5.69 Å². The van der Waals surface area contributed by atoms with Gasteiger partial charge in [0.05, 0.1) is 0 Å². The molecule has 2 aliphatic rings. The summed E-state index contributed by atoms with van der Waals surface area (Å²) < 4.78 is 5.55. The summed E-state index contributed by atoms with van der Waals surface area (Å²) in [6.45, 7) is 14.4. The monoisotopic (exact) mass is 431 g/mol. The van der Waals surface area contributed by atoms with Crippen LogP contribution in [0.3, 0.4) is 0 Å². The number of anilines is 1. The van der Waals surface area contributed by atoms with E-state index in [2.05, 4.69) is 24.9 Å². The van der Waals surface area contributed by atoms with Crippen LogP contribution in [0.1, 0.15) is 70.9 Å². The molecule has 0 saturated carbocycles. The van der Waals surface area contributed by atoms with E-state index in [-0.39, 0.29) is 29.9 Å². The van der Waals surface area contributed by atoms with Crippen molar-refractivity contribution < 1.29 is 24.9 Å². The minimum absolute atomic E-state index is 0.0450. The molecule has 0 aromatic heterocycles. The highest BCUT2D eigenvalue weighted by Gasteiger charge is 2.36. The van der Waals surface area contributed by atoms with Crippen LogP contribution in [0.5, 0.6) is 11.5 Å². The molecule has 1 aromatic carbocycles. The van der Waals surface area contributed by atoms with E-state index in [1.54, 1.807) is 6.92 Å². The molecule has 6 nitrogen and oxygen atoms in total. The molecule has 1 aliphatic heterocycles. The Morgan fingerprint density at radius 1 is 1.26 bits per heavy atom. The first-order valence-electron chi connectivity index (χ1n) is 11.0. The quantitative estimate of drug-likeness (QED) is 0.312. The standard InChI is InChI=1S/C23H31NO4.C2H6O/c1-13-8-9-15(14(2)22(27)28-23(3,4)5)17(11-13)20-19(26)12-18(25)16-7-6-10-24-21(16)20;1-2-3/h11-12,15,17,24-26H,2,6-10H2,1,3-5H3;3H,2H2,1H3. The Bertz CT molecular complexity index is 850. The molecular formula is C25H37NO5. The summed E-state index contributed by atoms with van der Waals surface area (Å²) in [6, 6.07) is 1.42. The minimum Gasteiger partial charge on any atom is -0.507 e. The van der Waals surface area contributed by atoms with Gasteiger partial charge in [0.25, 0.3) is 0 Å². The molecule has 0 saturated heterocycles. The fourth-order valence-corrected chi connectivity index (χ4v) is 4.22. The van der Waals surface area contributed by atoms with Gasteiger partial charge in [-0.25, -0.2) is 4.79 Å². The second kappa shape index (κ2) is 10.2. The summed E-state index contributed by atoms with van der Waals surface area (Å²) >= 11 is 0. The van der Waals surface area contributed by atoms with Gasteiger partial charge in [0.2, 0.25) is 0 Å². The van der Waals surface area contributed by atoms with Gasteiger partial charge < -0.3 is 25.4 Å². The van der Waals surface area contributed by atoms with Crippen LogP contribution in [0.2, 0.25) is 0 Å². The van der Waals surface area contributed by atoms with Gasteiger partial charge in [0, 0.05) is 53.4 Å². The number of esters is 1. The Morgan fingerprint density at radius 2 is 1.90 bits per heavy atom. The third-order valence-corrected chi connectivity index (χ3v) is 5.52. The summed E-state index contributed by atoms with van der Waals surface area (Å²) in [5.74, 6) is -0.600. The molecule has 1 aromatic rings. The molecule has 0 bridgehead atoms. The molecule has 2 unspecified atom stereocenters. The van der Waals surface area contributed by atoms with Gasteiger partial charge in [-0.05, 0) is 60.3 Å². The van der Waals surface area contributed by atoms with Gasteiger partial charge in [0.15, 0.2) is 0 Å². The predicted octanol–water partition coefficient (Wildman–Crippen LogP) is 4.79. The molecule has 0 amide bonds. The van der Waals surface area contributed by atoms with Crippen molar-refractivity contribution in [3.05, 3.63) is 41.0 Å². The molecule has 0 spiro atoms. The van der Waals surface area contributed by atoms with Crippen molar-refractivity contribution >= 4 is 11.7 Å². The zero-order valence-electron chi connectivity index (χ0n) is 19.4.